The molecule has 0 aliphatic rings. The highest BCUT2D eigenvalue weighted by Crippen LogP contribution is 2.16. The second kappa shape index (κ2) is 5.32. The van der Waals surface area contributed by atoms with Crippen LogP contribution in [-0.4, -0.2) is 10.1 Å². The fraction of sp³-hybridized carbons (Fsp3) is 0.154. The summed E-state index contributed by atoms with van der Waals surface area (Å²) < 4.78 is 0. The molecule has 4 heteroatoms. The largest absolute Gasteiger partial charge is 0.396 e. The summed E-state index contributed by atoms with van der Waals surface area (Å²) in [7, 11) is 0. The molecule has 2 aromatic rings. The quantitative estimate of drug-likeness (QED) is 0.747. The van der Waals surface area contributed by atoms with E-state index in [1.807, 2.05) is 30.3 Å². The topological polar surface area (TPSA) is 71.2 Å². The molecule has 1 aromatic heterocycles. The van der Waals surface area contributed by atoms with Gasteiger partial charge < -0.3 is 16.2 Å². The van der Waals surface area contributed by atoms with Crippen molar-refractivity contribution in [3.8, 4) is 0 Å². The molecule has 2 rings (SSSR count). The van der Waals surface area contributed by atoms with Crippen LogP contribution < -0.4 is 11.1 Å². The first-order valence-corrected chi connectivity index (χ1v) is 5.41. The third kappa shape index (κ3) is 2.95. The predicted octanol–water partition coefficient (Wildman–Crippen LogP) is 1.77. The Morgan fingerprint density at radius 2 is 2.06 bits per heavy atom. The SMILES string of the molecule is Nc1cnccc1NCc1cccc(CO)c1. The zero-order valence-electron chi connectivity index (χ0n) is 9.43. The summed E-state index contributed by atoms with van der Waals surface area (Å²) in [6.07, 6.45) is 3.31. The van der Waals surface area contributed by atoms with Crippen molar-refractivity contribution < 1.29 is 5.11 Å². The number of nitrogens with zero attached hydrogens (tertiary/aromatic N) is 1. The molecule has 0 unspecified atom stereocenters. The summed E-state index contributed by atoms with van der Waals surface area (Å²) in [4.78, 5) is 3.93. The second-order valence-electron chi connectivity index (χ2n) is 3.79. The summed E-state index contributed by atoms with van der Waals surface area (Å²) in [6.45, 7) is 0.729. The highest BCUT2D eigenvalue weighted by molar-refractivity contribution is 5.64. The minimum Gasteiger partial charge on any atom is -0.396 e. The summed E-state index contributed by atoms with van der Waals surface area (Å²) in [5, 5.41) is 12.3. The van der Waals surface area contributed by atoms with Crippen LogP contribution in [0.5, 0.6) is 0 Å². The van der Waals surface area contributed by atoms with Crippen LogP contribution in [0.25, 0.3) is 0 Å². The van der Waals surface area contributed by atoms with Gasteiger partial charge >= 0.3 is 0 Å². The van der Waals surface area contributed by atoms with E-state index in [4.69, 9.17) is 10.8 Å². The van der Waals surface area contributed by atoms with Crippen LogP contribution in [0, 0.1) is 0 Å². The molecule has 1 aromatic carbocycles. The second-order valence-corrected chi connectivity index (χ2v) is 3.79. The third-order valence-corrected chi connectivity index (χ3v) is 2.51. The summed E-state index contributed by atoms with van der Waals surface area (Å²) >= 11 is 0. The standard InChI is InChI=1S/C13H15N3O/c14-12-8-15-5-4-13(12)16-7-10-2-1-3-11(6-10)9-17/h1-6,8,17H,7,9,14H2,(H,15,16). The third-order valence-electron chi connectivity index (χ3n) is 2.51. The van der Waals surface area contributed by atoms with Crippen LogP contribution in [0.1, 0.15) is 11.1 Å². The molecule has 4 nitrogen and oxygen atoms in total. The van der Waals surface area contributed by atoms with Crippen molar-refractivity contribution in [1.29, 1.82) is 0 Å². The molecule has 0 saturated heterocycles. The number of aromatic nitrogens is 1. The smallest absolute Gasteiger partial charge is 0.0736 e. The number of hydrogen-bond donors (Lipinski definition) is 3. The minimum atomic E-state index is 0.0607. The lowest BCUT2D eigenvalue weighted by molar-refractivity contribution is 0.281. The highest BCUT2D eigenvalue weighted by atomic mass is 16.3. The van der Waals surface area contributed by atoms with Crippen molar-refractivity contribution >= 4 is 11.4 Å². The molecule has 0 fully saturated rings. The average molecular weight is 229 g/mol. The Hall–Kier alpha value is -2.07. The van der Waals surface area contributed by atoms with Crippen LogP contribution in [0.15, 0.2) is 42.7 Å². The highest BCUT2D eigenvalue weighted by Gasteiger charge is 1.99. The number of hydrogen-bond acceptors (Lipinski definition) is 4. The number of pyridine rings is 1. The molecular weight excluding hydrogens is 214 g/mol. The fourth-order valence-corrected chi connectivity index (χ4v) is 1.60. The van der Waals surface area contributed by atoms with E-state index in [0.29, 0.717) is 12.2 Å². The molecule has 0 spiro atoms. The van der Waals surface area contributed by atoms with E-state index >= 15 is 0 Å². The molecular formula is C13H15N3O. The zero-order valence-corrected chi connectivity index (χ0v) is 9.43. The number of aliphatic hydroxyl groups excluding tert-OH is 1. The van der Waals surface area contributed by atoms with Gasteiger partial charge in [-0.25, -0.2) is 0 Å². The Morgan fingerprint density at radius 1 is 1.24 bits per heavy atom. The van der Waals surface area contributed by atoms with E-state index in [-0.39, 0.29) is 6.61 Å². The number of rotatable bonds is 4. The Morgan fingerprint density at radius 3 is 2.82 bits per heavy atom. The van der Waals surface area contributed by atoms with Crippen molar-refractivity contribution in [1.82, 2.24) is 4.98 Å². The van der Waals surface area contributed by atoms with Gasteiger partial charge in [-0.15, -0.1) is 0 Å². The zero-order chi connectivity index (χ0) is 12.1. The maximum Gasteiger partial charge on any atom is 0.0736 e. The van der Waals surface area contributed by atoms with Crippen LogP contribution in [0.4, 0.5) is 11.4 Å². The number of aliphatic hydroxyl groups is 1. The van der Waals surface area contributed by atoms with E-state index in [2.05, 4.69) is 10.3 Å². The summed E-state index contributed by atoms with van der Waals surface area (Å²) in [6, 6.07) is 9.63. The van der Waals surface area contributed by atoms with Gasteiger partial charge in [0.1, 0.15) is 0 Å². The molecule has 0 aliphatic carbocycles. The van der Waals surface area contributed by atoms with Gasteiger partial charge in [0, 0.05) is 12.7 Å². The van der Waals surface area contributed by atoms with Crippen molar-refractivity contribution in [2.24, 2.45) is 0 Å². The van der Waals surface area contributed by atoms with Gasteiger partial charge in [-0.1, -0.05) is 24.3 Å². The van der Waals surface area contributed by atoms with Gasteiger partial charge in [-0.05, 0) is 17.2 Å². The van der Waals surface area contributed by atoms with Gasteiger partial charge in [-0.3, -0.25) is 4.98 Å². The van der Waals surface area contributed by atoms with Crippen molar-refractivity contribution in [2.75, 3.05) is 11.1 Å². The number of nitrogen functional groups attached to an aromatic ring is 1. The molecule has 0 aliphatic heterocycles. The first-order valence-electron chi connectivity index (χ1n) is 5.41. The Labute approximate surface area is 100 Å². The lowest BCUT2D eigenvalue weighted by Crippen LogP contribution is -2.03. The van der Waals surface area contributed by atoms with E-state index in [0.717, 1.165) is 16.8 Å². The van der Waals surface area contributed by atoms with Crippen LogP contribution in [0.2, 0.25) is 0 Å². The molecule has 0 bridgehead atoms. The Bertz CT molecular complexity index is 500. The predicted molar refractivity (Wildman–Crippen MR) is 68.3 cm³/mol. The van der Waals surface area contributed by atoms with Gasteiger partial charge in [0.2, 0.25) is 0 Å². The fourth-order valence-electron chi connectivity index (χ4n) is 1.60. The van der Waals surface area contributed by atoms with E-state index in [1.165, 1.54) is 0 Å². The maximum atomic E-state index is 9.04. The van der Waals surface area contributed by atoms with E-state index in [9.17, 15) is 0 Å². The van der Waals surface area contributed by atoms with Crippen LogP contribution in [0.3, 0.4) is 0 Å². The van der Waals surface area contributed by atoms with Gasteiger partial charge in [-0.2, -0.15) is 0 Å². The summed E-state index contributed by atoms with van der Waals surface area (Å²) in [5.74, 6) is 0. The molecule has 17 heavy (non-hydrogen) atoms. The number of anilines is 2. The minimum absolute atomic E-state index is 0.0607. The molecule has 1 heterocycles. The van der Waals surface area contributed by atoms with Crippen molar-refractivity contribution in [2.45, 2.75) is 13.2 Å². The number of nitrogens with two attached hydrogens (primary N) is 1. The lowest BCUT2D eigenvalue weighted by atomic mass is 10.1. The molecule has 88 valence electrons. The normalized spacial score (nSPS) is 10.2. The van der Waals surface area contributed by atoms with Crippen molar-refractivity contribution in [3.05, 3.63) is 53.9 Å². The maximum absolute atomic E-state index is 9.04. The van der Waals surface area contributed by atoms with Gasteiger partial charge in [0.15, 0.2) is 0 Å². The lowest BCUT2D eigenvalue weighted by Gasteiger charge is -2.09. The monoisotopic (exact) mass is 229 g/mol. The molecule has 0 saturated carbocycles. The molecule has 0 atom stereocenters. The number of nitrogens with one attached hydrogen (secondary N) is 1. The Kier molecular flexibility index (Phi) is 3.57. The van der Waals surface area contributed by atoms with Gasteiger partial charge in [0.25, 0.3) is 0 Å². The molecule has 4 N–H and O–H groups in total. The van der Waals surface area contributed by atoms with Gasteiger partial charge in [0.05, 0.1) is 24.2 Å². The molecule has 0 radical (unpaired) electrons. The Balaban J connectivity index is 2.05. The molecule has 0 amide bonds. The van der Waals surface area contributed by atoms with E-state index in [1.54, 1.807) is 12.4 Å². The van der Waals surface area contributed by atoms with Crippen molar-refractivity contribution in [3.63, 3.8) is 0 Å². The van der Waals surface area contributed by atoms with E-state index < -0.39 is 0 Å². The average Bonchev–Trinajstić information content (AvgIpc) is 2.38. The van der Waals surface area contributed by atoms with Crippen LogP contribution in [-0.2, 0) is 13.2 Å². The summed E-state index contributed by atoms with van der Waals surface area (Å²) in [5.41, 5.74) is 9.29. The number of benzene rings is 1. The first kappa shape index (κ1) is 11.4. The first-order chi connectivity index (χ1) is 8.29. The van der Waals surface area contributed by atoms with Crippen LogP contribution >= 0.6 is 0 Å².